The summed E-state index contributed by atoms with van der Waals surface area (Å²) in [5, 5.41) is 4.25. The Morgan fingerprint density at radius 1 is 0.960 bits per heavy atom. The Morgan fingerprint density at radius 2 is 1.56 bits per heavy atom. The van der Waals surface area contributed by atoms with Gasteiger partial charge in [0.25, 0.3) is 6.43 Å². The van der Waals surface area contributed by atoms with Crippen LogP contribution in [0.1, 0.15) is 23.1 Å². The van der Waals surface area contributed by atoms with E-state index < -0.39 is 47.8 Å². The first-order chi connectivity index (χ1) is 11.8. The van der Waals surface area contributed by atoms with Gasteiger partial charge in [-0.3, -0.25) is 4.98 Å². The van der Waals surface area contributed by atoms with Gasteiger partial charge in [0, 0.05) is 36.1 Å². The van der Waals surface area contributed by atoms with Crippen LogP contribution in [0.5, 0.6) is 0 Å². The van der Waals surface area contributed by atoms with Gasteiger partial charge in [-0.25, -0.2) is 31.1 Å². The van der Waals surface area contributed by atoms with Gasteiger partial charge in [0.05, 0.1) is 6.54 Å². The van der Waals surface area contributed by atoms with Gasteiger partial charge in [0.2, 0.25) is 0 Å². The number of halogens is 6. The van der Waals surface area contributed by atoms with E-state index in [1.54, 1.807) is 0 Å². The Hall–Kier alpha value is -2.78. The molecule has 0 spiro atoms. The Kier molecular flexibility index (Phi) is 5.84. The first kappa shape index (κ1) is 18.6. The zero-order chi connectivity index (χ0) is 18.6. The summed E-state index contributed by atoms with van der Waals surface area (Å²) < 4.78 is 78.0. The van der Waals surface area contributed by atoms with Crippen LogP contribution in [0.15, 0.2) is 24.5 Å². The molecule has 25 heavy (non-hydrogen) atoms. The highest BCUT2D eigenvalue weighted by atomic mass is 19.3. The highest BCUT2D eigenvalue weighted by molar-refractivity contribution is 5.73. The SMILES string of the molecule is O=C(NCc1cncc(C(F)F)c1)NCc1c(F)c(F)cc(F)c1F. The number of rotatable bonds is 5. The Balaban J connectivity index is 1.95. The van der Waals surface area contributed by atoms with Crippen LogP contribution in [0.3, 0.4) is 0 Å². The number of nitrogens with zero attached hydrogens (tertiary/aromatic N) is 1. The number of carbonyl (C=O) groups is 1. The zero-order valence-corrected chi connectivity index (χ0v) is 12.4. The van der Waals surface area contributed by atoms with Crippen molar-refractivity contribution in [3.63, 3.8) is 0 Å². The Morgan fingerprint density at radius 3 is 2.16 bits per heavy atom. The van der Waals surface area contributed by atoms with E-state index in [9.17, 15) is 31.1 Å². The lowest BCUT2D eigenvalue weighted by molar-refractivity contribution is 0.151. The van der Waals surface area contributed by atoms with Crippen molar-refractivity contribution in [1.29, 1.82) is 0 Å². The lowest BCUT2D eigenvalue weighted by atomic mass is 10.2. The lowest BCUT2D eigenvalue weighted by Crippen LogP contribution is -2.35. The van der Waals surface area contributed by atoms with E-state index in [4.69, 9.17) is 0 Å². The second-order valence-electron chi connectivity index (χ2n) is 4.91. The van der Waals surface area contributed by atoms with Crippen LogP contribution < -0.4 is 10.6 Å². The predicted molar refractivity (Wildman–Crippen MR) is 74.5 cm³/mol. The number of hydrogen-bond donors (Lipinski definition) is 2. The van der Waals surface area contributed by atoms with Gasteiger partial charge < -0.3 is 10.6 Å². The minimum Gasteiger partial charge on any atom is -0.334 e. The van der Waals surface area contributed by atoms with Crippen molar-refractivity contribution in [2.75, 3.05) is 0 Å². The van der Waals surface area contributed by atoms with Crippen LogP contribution in [0.4, 0.5) is 31.1 Å². The first-order valence-electron chi connectivity index (χ1n) is 6.85. The normalized spacial score (nSPS) is 10.8. The van der Waals surface area contributed by atoms with Crippen LogP contribution >= 0.6 is 0 Å². The number of nitrogens with one attached hydrogen (secondary N) is 2. The van der Waals surface area contributed by atoms with Crippen molar-refractivity contribution >= 4 is 6.03 Å². The molecule has 0 saturated carbocycles. The molecule has 2 amide bonds. The van der Waals surface area contributed by atoms with Gasteiger partial charge >= 0.3 is 6.03 Å². The minimum atomic E-state index is -2.73. The Labute approximate surface area is 137 Å². The number of aromatic nitrogens is 1. The highest BCUT2D eigenvalue weighted by Gasteiger charge is 2.19. The molecule has 1 aromatic carbocycles. The van der Waals surface area contributed by atoms with Gasteiger partial charge in [-0.1, -0.05) is 0 Å². The summed E-state index contributed by atoms with van der Waals surface area (Å²) >= 11 is 0. The molecule has 2 rings (SSSR count). The average Bonchev–Trinajstić information content (AvgIpc) is 2.58. The number of alkyl halides is 2. The van der Waals surface area contributed by atoms with E-state index in [1.807, 2.05) is 5.32 Å². The molecule has 1 aromatic heterocycles. The fourth-order valence-corrected chi connectivity index (χ4v) is 1.92. The van der Waals surface area contributed by atoms with Crippen LogP contribution in [-0.2, 0) is 13.1 Å². The average molecular weight is 363 g/mol. The third kappa shape index (κ3) is 4.61. The molecule has 0 atom stereocenters. The smallest absolute Gasteiger partial charge is 0.315 e. The van der Waals surface area contributed by atoms with Gasteiger partial charge in [0.15, 0.2) is 23.3 Å². The van der Waals surface area contributed by atoms with Crippen molar-refractivity contribution in [1.82, 2.24) is 15.6 Å². The fraction of sp³-hybridized carbons (Fsp3) is 0.200. The van der Waals surface area contributed by atoms with E-state index in [0.717, 1.165) is 12.3 Å². The summed E-state index contributed by atoms with van der Waals surface area (Å²) in [7, 11) is 0. The quantitative estimate of drug-likeness (QED) is 0.630. The van der Waals surface area contributed by atoms with E-state index in [2.05, 4.69) is 10.3 Å². The van der Waals surface area contributed by atoms with E-state index in [-0.39, 0.29) is 23.7 Å². The van der Waals surface area contributed by atoms with E-state index in [1.165, 1.54) is 6.20 Å². The topological polar surface area (TPSA) is 54.0 Å². The van der Waals surface area contributed by atoms with E-state index in [0.29, 0.717) is 0 Å². The molecule has 0 saturated heterocycles. The minimum absolute atomic E-state index is 0.0528. The van der Waals surface area contributed by atoms with Crippen molar-refractivity contribution < 1.29 is 31.1 Å². The Bertz CT molecular complexity index is 758. The molecular weight excluding hydrogens is 352 g/mol. The molecule has 4 nitrogen and oxygen atoms in total. The molecule has 2 aromatic rings. The molecular formula is C15H11F6N3O. The molecule has 10 heteroatoms. The summed E-state index contributed by atoms with van der Waals surface area (Å²) in [6.07, 6.45) is -0.513. The monoisotopic (exact) mass is 363 g/mol. The summed E-state index contributed by atoms with van der Waals surface area (Å²) in [4.78, 5) is 15.2. The zero-order valence-electron chi connectivity index (χ0n) is 12.4. The number of amides is 2. The second-order valence-corrected chi connectivity index (χ2v) is 4.91. The summed E-state index contributed by atoms with van der Waals surface area (Å²) in [6, 6.07) is 0.252. The van der Waals surface area contributed by atoms with Crippen LogP contribution in [0, 0.1) is 23.3 Å². The lowest BCUT2D eigenvalue weighted by Gasteiger charge is -2.10. The van der Waals surface area contributed by atoms with Gasteiger partial charge in [-0.2, -0.15) is 0 Å². The molecule has 0 unspecified atom stereocenters. The molecule has 0 aliphatic carbocycles. The van der Waals surface area contributed by atoms with Crippen molar-refractivity contribution in [3.8, 4) is 0 Å². The molecule has 2 N–H and O–H groups in total. The van der Waals surface area contributed by atoms with Crippen LogP contribution in [0.25, 0.3) is 0 Å². The maximum absolute atomic E-state index is 13.4. The molecule has 134 valence electrons. The van der Waals surface area contributed by atoms with Crippen LogP contribution in [0.2, 0.25) is 0 Å². The summed E-state index contributed by atoms with van der Waals surface area (Å²) in [6.45, 7) is -1.00. The van der Waals surface area contributed by atoms with Crippen molar-refractivity contribution in [2.24, 2.45) is 0 Å². The molecule has 0 bridgehead atoms. The number of pyridine rings is 1. The van der Waals surface area contributed by atoms with Crippen molar-refractivity contribution in [3.05, 3.63) is 64.5 Å². The van der Waals surface area contributed by atoms with E-state index >= 15 is 0 Å². The molecule has 0 aliphatic heterocycles. The van der Waals surface area contributed by atoms with Crippen molar-refractivity contribution in [2.45, 2.75) is 19.5 Å². The molecule has 1 heterocycles. The number of benzene rings is 1. The maximum atomic E-state index is 13.4. The van der Waals surface area contributed by atoms with Gasteiger partial charge in [-0.15, -0.1) is 0 Å². The summed E-state index contributed by atoms with van der Waals surface area (Å²) in [5.74, 6) is -6.42. The highest BCUT2D eigenvalue weighted by Crippen LogP contribution is 2.19. The third-order valence-electron chi connectivity index (χ3n) is 3.15. The number of hydrogen-bond acceptors (Lipinski definition) is 2. The molecule has 0 fully saturated rings. The maximum Gasteiger partial charge on any atom is 0.315 e. The standard InChI is InChI=1S/C15H11F6N3O/c16-10-2-11(17)13(19)9(12(10)18)6-24-15(25)23-4-7-1-8(14(20)21)5-22-3-7/h1-3,5,14H,4,6H2,(H2,23,24,25). The van der Waals surface area contributed by atoms with Crippen LogP contribution in [-0.4, -0.2) is 11.0 Å². The molecule has 0 radical (unpaired) electrons. The van der Waals surface area contributed by atoms with Gasteiger partial charge in [-0.05, 0) is 11.6 Å². The number of urea groups is 1. The van der Waals surface area contributed by atoms with Gasteiger partial charge in [0.1, 0.15) is 0 Å². The fourth-order valence-electron chi connectivity index (χ4n) is 1.92. The third-order valence-corrected chi connectivity index (χ3v) is 3.15. The largest absolute Gasteiger partial charge is 0.334 e. The molecule has 0 aliphatic rings. The predicted octanol–water partition coefficient (Wildman–Crippen LogP) is 3.58. The first-order valence-corrected chi connectivity index (χ1v) is 6.85. The summed E-state index contributed by atoms with van der Waals surface area (Å²) in [5.41, 5.74) is -1.05. The second kappa shape index (κ2) is 7.86. The number of carbonyl (C=O) groups excluding carboxylic acids is 1.